The summed E-state index contributed by atoms with van der Waals surface area (Å²) in [6, 6.07) is 6.16. The number of aliphatic imine (C=N–C) groups is 1. The monoisotopic (exact) mass is 256 g/mol. The van der Waals surface area contributed by atoms with Crippen molar-refractivity contribution >= 4 is 12.0 Å². The number of hydrogen-bond donors (Lipinski definition) is 0. The highest BCUT2D eigenvalue weighted by Crippen LogP contribution is 2.19. The van der Waals surface area contributed by atoms with Crippen molar-refractivity contribution in [1.29, 1.82) is 0 Å². The van der Waals surface area contributed by atoms with Gasteiger partial charge in [-0.2, -0.15) is 0 Å². The fourth-order valence-corrected chi connectivity index (χ4v) is 1.38. The van der Waals surface area contributed by atoms with Crippen LogP contribution in [0.1, 0.15) is 38.8 Å². The average Bonchev–Trinajstić information content (AvgIpc) is 2.34. The molecule has 0 aromatic heterocycles. The summed E-state index contributed by atoms with van der Waals surface area (Å²) in [6.45, 7) is 11.5. The number of aryl methyl sites for hydroxylation is 1. The maximum absolute atomic E-state index is 4.48. The van der Waals surface area contributed by atoms with Gasteiger partial charge in [0, 0.05) is 24.6 Å². The number of benzene rings is 1. The van der Waals surface area contributed by atoms with E-state index in [1.54, 1.807) is 0 Å². The van der Waals surface area contributed by atoms with Crippen molar-refractivity contribution in [3.05, 3.63) is 29.3 Å². The number of rotatable bonds is 3. The Morgan fingerprint density at radius 1 is 1.32 bits per heavy atom. The number of hydrogen-bond acceptors (Lipinski definition) is 1. The maximum atomic E-state index is 4.48. The molecule has 1 rings (SSSR count). The fourth-order valence-electron chi connectivity index (χ4n) is 1.38. The zero-order valence-corrected chi connectivity index (χ0v) is 12.9. The molecule has 0 heterocycles. The molecular weight excluding hydrogens is 232 g/mol. The van der Waals surface area contributed by atoms with E-state index in [4.69, 9.17) is 0 Å². The lowest BCUT2D eigenvalue weighted by Gasteiger charge is -2.09. The summed E-state index contributed by atoms with van der Waals surface area (Å²) >= 11 is 0. The first kappa shape index (κ1) is 15.3. The Balaban J connectivity index is 2.91. The predicted molar refractivity (Wildman–Crippen MR) is 84.0 cm³/mol. The summed E-state index contributed by atoms with van der Waals surface area (Å²) in [7, 11) is 2.02. The molecule has 0 unspecified atom stereocenters. The topological polar surface area (TPSA) is 15.6 Å². The van der Waals surface area contributed by atoms with Crippen LogP contribution < -0.4 is 0 Å². The third-order valence-corrected chi connectivity index (χ3v) is 2.67. The van der Waals surface area contributed by atoms with Crippen molar-refractivity contribution in [3.63, 3.8) is 0 Å². The predicted octanol–water partition coefficient (Wildman–Crippen LogP) is 4.00. The quantitative estimate of drug-likeness (QED) is 0.453. The number of nitrogens with zero attached hydrogens (tertiary/aromatic N) is 2. The molecule has 0 aliphatic carbocycles. The molecule has 0 fully saturated rings. The van der Waals surface area contributed by atoms with Crippen LogP contribution in [0.3, 0.4) is 0 Å². The first-order valence-electron chi connectivity index (χ1n) is 6.70. The average molecular weight is 256 g/mol. The lowest BCUT2D eigenvalue weighted by atomic mass is 9.97. The molecule has 0 bridgehead atoms. The van der Waals surface area contributed by atoms with Crippen molar-refractivity contribution in [2.75, 3.05) is 13.6 Å². The molecule has 102 valence electrons. The van der Waals surface area contributed by atoms with Crippen molar-refractivity contribution < 1.29 is 0 Å². The van der Waals surface area contributed by atoms with E-state index < -0.39 is 0 Å². The summed E-state index contributed by atoms with van der Waals surface area (Å²) in [5, 5.41) is 0. The van der Waals surface area contributed by atoms with E-state index in [0.29, 0.717) is 0 Å². The molecule has 0 radical (unpaired) electrons. The molecule has 0 aliphatic rings. The van der Waals surface area contributed by atoms with E-state index in [1.807, 2.05) is 30.4 Å². The third kappa shape index (κ3) is 5.61. The smallest absolute Gasteiger partial charge is 0.0909 e. The minimum Gasteiger partial charge on any atom is -0.366 e. The van der Waals surface area contributed by atoms with Gasteiger partial charge in [-0.25, -0.2) is 4.99 Å². The summed E-state index contributed by atoms with van der Waals surface area (Å²) in [5.74, 6) is 6.46. The Morgan fingerprint density at radius 3 is 2.53 bits per heavy atom. The van der Waals surface area contributed by atoms with Crippen LogP contribution in [0.2, 0.25) is 0 Å². The van der Waals surface area contributed by atoms with Crippen LogP contribution in [0.5, 0.6) is 0 Å². The zero-order chi connectivity index (χ0) is 14.5. The molecular formula is C17H24N2. The highest BCUT2D eigenvalue weighted by Gasteiger charge is 2.03. The molecule has 2 nitrogen and oxygen atoms in total. The minimum atomic E-state index is 0.0363. The minimum absolute atomic E-state index is 0.0363. The Kier molecular flexibility index (Phi) is 5.18. The van der Waals surface area contributed by atoms with E-state index in [-0.39, 0.29) is 5.41 Å². The van der Waals surface area contributed by atoms with Crippen LogP contribution in [-0.2, 0) is 0 Å². The van der Waals surface area contributed by atoms with Gasteiger partial charge in [0.15, 0.2) is 0 Å². The lowest BCUT2D eigenvalue weighted by Crippen LogP contribution is -2.14. The second-order valence-electron chi connectivity index (χ2n) is 5.82. The van der Waals surface area contributed by atoms with Gasteiger partial charge in [0.2, 0.25) is 0 Å². The van der Waals surface area contributed by atoms with Gasteiger partial charge < -0.3 is 4.90 Å². The molecule has 1 aromatic carbocycles. The van der Waals surface area contributed by atoms with Crippen molar-refractivity contribution in [1.82, 2.24) is 4.90 Å². The highest BCUT2D eigenvalue weighted by molar-refractivity contribution is 5.63. The Bertz CT molecular complexity index is 510. The van der Waals surface area contributed by atoms with Gasteiger partial charge in [0.25, 0.3) is 0 Å². The van der Waals surface area contributed by atoms with E-state index >= 15 is 0 Å². The molecule has 0 saturated carbocycles. The summed E-state index contributed by atoms with van der Waals surface area (Å²) in [5.41, 5.74) is 3.24. The van der Waals surface area contributed by atoms with Crippen molar-refractivity contribution in [2.24, 2.45) is 10.4 Å². The van der Waals surface area contributed by atoms with Gasteiger partial charge in [-0.3, -0.25) is 0 Å². The first-order valence-corrected chi connectivity index (χ1v) is 6.70. The van der Waals surface area contributed by atoms with Gasteiger partial charge >= 0.3 is 0 Å². The van der Waals surface area contributed by atoms with Crippen molar-refractivity contribution in [3.8, 4) is 11.8 Å². The van der Waals surface area contributed by atoms with Gasteiger partial charge in [-0.1, -0.05) is 11.8 Å². The largest absolute Gasteiger partial charge is 0.366 e. The van der Waals surface area contributed by atoms with E-state index in [1.165, 1.54) is 0 Å². The molecule has 0 atom stereocenters. The maximum Gasteiger partial charge on any atom is 0.0909 e. The first-order chi connectivity index (χ1) is 8.81. The molecule has 0 amide bonds. The fraction of sp³-hybridized carbons (Fsp3) is 0.471. The van der Waals surface area contributed by atoms with Crippen molar-refractivity contribution in [2.45, 2.75) is 34.6 Å². The second-order valence-corrected chi connectivity index (χ2v) is 5.82. The van der Waals surface area contributed by atoms with Gasteiger partial charge in [-0.05, 0) is 58.4 Å². The van der Waals surface area contributed by atoms with Crippen LogP contribution >= 0.6 is 0 Å². The SMILES string of the molecule is CCN(C)C=Nc1ccc(C#CC(C)(C)C)cc1C. The van der Waals surface area contributed by atoms with E-state index in [9.17, 15) is 0 Å². The normalized spacial score (nSPS) is 11.3. The Hall–Kier alpha value is -1.75. The molecule has 0 spiro atoms. The Labute approximate surface area is 117 Å². The zero-order valence-electron chi connectivity index (χ0n) is 12.9. The summed E-state index contributed by atoms with van der Waals surface area (Å²) < 4.78 is 0. The highest BCUT2D eigenvalue weighted by atomic mass is 15.1. The van der Waals surface area contributed by atoms with Gasteiger partial charge in [-0.15, -0.1) is 0 Å². The molecule has 0 aliphatic heterocycles. The molecule has 0 saturated heterocycles. The standard InChI is InChI=1S/C17H24N2/c1-7-19(6)13-18-16-9-8-15(12-14(16)2)10-11-17(3,4)5/h8-9,12-13H,7H2,1-6H3. The molecule has 0 N–H and O–H groups in total. The van der Waals surface area contributed by atoms with Gasteiger partial charge in [0.1, 0.15) is 0 Å². The summed E-state index contributed by atoms with van der Waals surface area (Å²) in [6.07, 6.45) is 1.86. The Morgan fingerprint density at radius 2 is 2.00 bits per heavy atom. The van der Waals surface area contributed by atoms with Crippen LogP contribution in [0.25, 0.3) is 0 Å². The molecule has 2 heteroatoms. The van der Waals surface area contributed by atoms with Crippen LogP contribution in [0.15, 0.2) is 23.2 Å². The third-order valence-electron chi connectivity index (χ3n) is 2.67. The summed E-state index contributed by atoms with van der Waals surface area (Å²) in [4.78, 5) is 6.53. The lowest BCUT2D eigenvalue weighted by molar-refractivity contribution is 0.552. The second kappa shape index (κ2) is 6.43. The van der Waals surface area contributed by atoms with Crippen LogP contribution in [0.4, 0.5) is 5.69 Å². The van der Waals surface area contributed by atoms with Crippen LogP contribution in [0, 0.1) is 24.2 Å². The van der Waals surface area contributed by atoms with Gasteiger partial charge in [0.05, 0.1) is 12.0 Å². The molecule has 19 heavy (non-hydrogen) atoms. The van der Waals surface area contributed by atoms with E-state index in [2.05, 4.69) is 57.5 Å². The molecule has 1 aromatic rings. The van der Waals surface area contributed by atoms with Crippen LogP contribution in [-0.4, -0.2) is 24.8 Å². The van der Waals surface area contributed by atoms with E-state index in [0.717, 1.165) is 23.4 Å².